The molecule has 1 N–H and O–H groups in total. The van der Waals surface area contributed by atoms with Crippen LogP contribution in [0.5, 0.6) is 0 Å². The van der Waals surface area contributed by atoms with Gasteiger partial charge in [-0.15, -0.1) is 0 Å². The number of nitrogens with zero attached hydrogens (tertiary/aromatic N) is 1. The summed E-state index contributed by atoms with van der Waals surface area (Å²) in [6.07, 6.45) is 4.88. The van der Waals surface area contributed by atoms with Crippen molar-refractivity contribution < 1.29 is 9.59 Å². The van der Waals surface area contributed by atoms with Gasteiger partial charge in [0.15, 0.2) is 0 Å². The fourth-order valence-corrected chi connectivity index (χ4v) is 4.56. The summed E-state index contributed by atoms with van der Waals surface area (Å²) in [5.41, 5.74) is -0.0847. The molecule has 0 aromatic carbocycles. The van der Waals surface area contributed by atoms with E-state index in [0.717, 1.165) is 32.2 Å². The van der Waals surface area contributed by atoms with Crippen molar-refractivity contribution in [3.05, 3.63) is 0 Å². The average molecular weight is 292 g/mol. The van der Waals surface area contributed by atoms with Crippen LogP contribution in [-0.2, 0) is 9.59 Å². The van der Waals surface area contributed by atoms with Crippen molar-refractivity contribution in [3.8, 4) is 0 Å². The molecule has 4 heteroatoms. The standard InChI is InChI=1S/C17H28N2O2/c1-15(2)12(16(15,3)4)10-19-11-13(20)18-17(14(19)21)8-6-5-7-9-17/h12H,5-11H2,1-4H3,(H,18,20). The van der Waals surface area contributed by atoms with Gasteiger partial charge >= 0.3 is 0 Å². The molecule has 21 heavy (non-hydrogen) atoms. The van der Waals surface area contributed by atoms with Gasteiger partial charge in [0.1, 0.15) is 5.54 Å². The smallest absolute Gasteiger partial charge is 0.248 e. The Morgan fingerprint density at radius 2 is 1.62 bits per heavy atom. The SMILES string of the molecule is CC1(C)C(CN2CC(=O)NC3(CCCCC3)C2=O)C1(C)C. The van der Waals surface area contributed by atoms with Crippen LogP contribution in [0, 0.1) is 16.7 Å². The molecule has 118 valence electrons. The molecule has 0 bridgehead atoms. The highest BCUT2D eigenvalue weighted by Crippen LogP contribution is 2.68. The molecule has 1 aliphatic heterocycles. The van der Waals surface area contributed by atoms with Crippen LogP contribution < -0.4 is 5.32 Å². The third-order valence-corrected chi connectivity index (χ3v) is 6.84. The van der Waals surface area contributed by atoms with Crippen molar-refractivity contribution in [2.24, 2.45) is 16.7 Å². The summed E-state index contributed by atoms with van der Waals surface area (Å²) in [6.45, 7) is 10.0. The average Bonchev–Trinajstić information content (AvgIpc) is 2.79. The Balaban J connectivity index is 1.77. The quantitative estimate of drug-likeness (QED) is 0.849. The van der Waals surface area contributed by atoms with Crippen molar-refractivity contribution in [1.82, 2.24) is 10.2 Å². The Kier molecular flexibility index (Phi) is 3.16. The van der Waals surface area contributed by atoms with Crippen LogP contribution in [0.4, 0.5) is 0 Å². The fraction of sp³-hybridized carbons (Fsp3) is 0.882. The molecule has 2 aliphatic carbocycles. The van der Waals surface area contributed by atoms with E-state index in [9.17, 15) is 9.59 Å². The number of rotatable bonds is 2. The summed E-state index contributed by atoms with van der Waals surface area (Å²) in [5, 5.41) is 3.02. The molecule has 1 saturated heterocycles. The molecule has 2 amide bonds. The number of hydrogen-bond acceptors (Lipinski definition) is 2. The maximum Gasteiger partial charge on any atom is 0.248 e. The summed E-state index contributed by atoms with van der Waals surface area (Å²) in [6, 6.07) is 0. The Morgan fingerprint density at radius 3 is 2.14 bits per heavy atom. The zero-order valence-corrected chi connectivity index (χ0v) is 13.8. The minimum absolute atomic E-state index is 0.0211. The zero-order valence-electron chi connectivity index (χ0n) is 13.8. The Bertz CT molecular complexity index is 461. The summed E-state index contributed by atoms with van der Waals surface area (Å²) in [4.78, 5) is 26.9. The Morgan fingerprint density at radius 1 is 1.05 bits per heavy atom. The summed E-state index contributed by atoms with van der Waals surface area (Å²) < 4.78 is 0. The lowest BCUT2D eigenvalue weighted by atomic mass is 9.79. The molecule has 0 radical (unpaired) electrons. The second-order valence-corrected chi connectivity index (χ2v) is 8.37. The number of carbonyl (C=O) groups excluding carboxylic acids is 2. The Hall–Kier alpha value is -1.06. The van der Waals surface area contributed by atoms with Crippen LogP contribution in [-0.4, -0.2) is 35.3 Å². The van der Waals surface area contributed by atoms with Gasteiger partial charge in [0.2, 0.25) is 11.8 Å². The molecule has 3 aliphatic rings. The second-order valence-electron chi connectivity index (χ2n) is 8.37. The number of nitrogens with one attached hydrogen (secondary N) is 1. The first-order valence-corrected chi connectivity index (χ1v) is 8.31. The second kappa shape index (κ2) is 4.47. The largest absolute Gasteiger partial charge is 0.340 e. The first-order valence-electron chi connectivity index (χ1n) is 8.31. The van der Waals surface area contributed by atoms with Gasteiger partial charge in [0.25, 0.3) is 0 Å². The molecule has 0 aromatic heterocycles. The highest BCUT2D eigenvalue weighted by Gasteiger charge is 2.65. The molecule has 4 nitrogen and oxygen atoms in total. The molecule has 0 atom stereocenters. The van der Waals surface area contributed by atoms with Crippen LogP contribution in [0.15, 0.2) is 0 Å². The maximum atomic E-state index is 12.9. The topological polar surface area (TPSA) is 49.4 Å². The monoisotopic (exact) mass is 292 g/mol. The van der Waals surface area contributed by atoms with E-state index < -0.39 is 5.54 Å². The number of amides is 2. The van der Waals surface area contributed by atoms with Crippen molar-refractivity contribution in [3.63, 3.8) is 0 Å². The van der Waals surface area contributed by atoms with E-state index in [1.807, 2.05) is 4.90 Å². The lowest BCUT2D eigenvalue weighted by Gasteiger charge is -2.44. The van der Waals surface area contributed by atoms with E-state index in [0.29, 0.717) is 5.92 Å². The van der Waals surface area contributed by atoms with Gasteiger partial charge in [-0.2, -0.15) is 0 Å². The molecule has 2 saturated carbocycles. The lowest BCUT2D eigenvalue weighted by molar-refractivity contribution is -0.152. The third kappa shape index (κ3) is 2.09. The highest BCUT2D eigenvalue weighted by atomic mass is 16.2. The van der Waals surface area contributed by atoms with Crippen molar-refractivity contribution in [2.75, 3.05) is 13.1 Å². The summed E-state index contributed by atoms with van der Waals surface area (Å²) in [5.74, 6) is 0.675. The Labute approximate surface area is 127 Å². The summed E-state index contributed by atoms with van der Waals surface area (Å²) in [7, 11) is 0. The summed E-state index contributed by atoms with van der Waals surface area (Å²) >= 11 is 0. The minimum atomic E-state index is -0.587. The van der Waals surface area contributed by atoms with Gasteiger partial charge in [0.05, 0.1) is 6.54 Å². The molecule has 1 heterocycles. The van der Waals surface area contributed by atoms with Gasteiger partial charge in [-0.1, -0.05) is 47.0 Å². The predicted octanol–water partition coefficient (Wildman–Crippen LogP) is 2.33. The predicted molar refractivity (Wildman–Crippen MR) is 81.6 cm³/mol. The van der Waals surface area contributed by atoms with E-state index in [4.69, 9.17) is 0 Å². The molecule has 3 rings (SSSR count). The van der Waals surface area contributed by atoms with Crippen LogP contribution in [0.25, 0.3) is 0 Å². The van der Waals surface area contributed by atoms with E-state index in [1.165, 1.54) is 6.42 Å². The van der Waals surface area contributed by atoms with Gasteiger partial charge in [-0.25, -0.2) is 0 Å². The van der Waals surface area contributed by atoms with E-state index >= 15 is 0 Å². The van der Waals surface area contributed by atoms with Crippen LogP contribution in [0.3, 0.4) is 0 Å². The molecule has 3 fully saturated rings. The third-order valence-electron chi connectivity index (χ3n) is 6.84. The molecular weight excluding hydrogens is 264 g/mol. The van der Waals surface area contributed by atoms with Crippen molar-refractivity contribution in [2.45, 2.75) is 65.3 Å². The highest BCUT2D eigenvalue weighted by molar-refractivity contribution is 5.98. The van der Waals surface area contributed by atoms with Crippen molar-refractivity contribution in [1.29, 1.82) is 0 Å². The van der Waals surface area contributed by atoms with E-state index in [-0.39, 0.29) is 29.2 Å². The first kappa shape index (κ1) is 14.9. The van der Waals surface area contributed by atoms with Gasteiger partial charge < -0.3 is 10.2 Å². The molecule has 0 aromatic rings. The number of hydrogen-bond donors (Lipinski definition) is 1. The van der Waals surface area contributed by atoms with Crippen LogP contribution in [0.1, 0.15) is 59.8 Å². The zero-order chi connectivity index (χ0) is 15.5. The molecule has 1 spiro atoms. The molecular formula is C17H28N2O2. The van der Waals surface area contributed by atoms with Crippen molar-refractivity contribution >= 4 is 11.8 Å². The number of carbonyl (C=O) groups is 2. The van der Waals surface area contributed by atoms with E-state index in [2.05, 4.69) is 33.0 Å². The normalized spacial score (nSPS) is 30.4. The first-order chi connectivity index (χ1) is 9.71. The van der Waals surface area contributed by atoms with Gasteiger partial charge in [-0.3, -0.25) is 9.59 Å². The molecule has 0 unspecified atom stereocenters. The minimum Gasteiger partial charge on any atom is -0.340 e. The van der Waals surface area contributed by atoms with E-state index in [1.54, 1.807) is 0 Å². The fourth-order valence-electron chi connectivity index (χ4n) is 4.56. The van der Waals surface area contributed by atoms with Crippen LogP contribution >= 0.6 is 0 Å². The van der Waals surface area contributed by atoms with Gasteiger partial charge in [0, 0.05) is 6.54 Å². The van der Waals surface area contributed by atoms with Crippen LogP contribution in [0.2, 0.25) is 0 Å². The number of piperazine rings is 1. The lowest BCUT2D eigenvalue weighted by Crippen LogP contribution is -2.67. The maximum absolute atomic E-state index is 12.9. The van der Waals surface area contributed by atoms with Gasteiger partial charge in [-0.05, 0) is 29.6 Å².